The smallest absolute Gasteiger partial charge is 0.254 e. The van der Waals surface area contributed by atoms with Crippen LogP contribution in [0.15, 0.2) is 0 Å². The highest BCUT2D eigenvalue weighted by Gasteiger charge is 2.59. The van der Waals surface area contributed by atoms with Crippen LogP contribution in [-0.4, -0.2) is 53.0 Å². The zero-order valence-electron chi connectivity index (χ0n) is 16.1. The van der Waals surface area contributed by atoms with Crippen LogP contribution in [0.1, 0.15) is 67.2 Å². The number of amides is 1. The second-order valence-electron chi connectivity index (χ2n) is 9.67. The highest BCUT2D eigenvalue weighted by Crippen LogP contribution is 2.46. The summed E-state index contributed by atoms with van der Waals surface area (Å²) in [5, 5.41) is 3.70. The minimum atomic E-state index is -0.497. The number of piperidine rings is 1. The minimum Gasteiger partial charge on any atom is -0.371 e. The number of epoxide rings is 1. The SMILES string of the molecule is CC(C)CCC1OC2(CC(C)(C)NC(C)(C)C2)N(CC2CO2)C1=O. The van der Waals surface area contributed by atoms with E-state index < -0.39 is 5.72 Å². The van der Waals surface area contributed by atoms with Gasteiger partial charge in [0.05, 0.1) is 19.3 Å². The molecule has 1 amide bonds. The van der Waals surface area contributed by atoms with Gasteiger partial charge < -0.3 is 19.7 Å². The third-order valence-electron chi connectivity index (χ3n) is 5.30. The molecule has 24 heavy (non-hydrogen) atoms. The lowest BCUT2D eigenvalue weighted by Crippen LogP contribution is -2.67. The summed E-state index contributed by atoms with van der Waals surface area (Å²) >= 11 is 0. The monoisotopic (exact) mass is 338 g/mol. The lowest BCUT2D eigenvalue weighted by atomic mass is 9.76. The third kappa shape index (κ3) is 3.78. The summed E-state index contributed by atoms with van der Waals surface area (Å²) in [6.45, 7) is 14.6. The first-order valence-corrected chi connectivity index (χ1v) is 9.42. The Balaban J connectivity index is 1.86. The van der Waals surface area contributed by atoms with E-state index in [1.54, 1.807) is 0 Å². The maximum absolute atomic E-state index is 13.1. The molecule has 3 fully saturated rings. The lowest BCUT2D eigenvalue weighted by Gasteiger charge is -2.53. The molecule has 1 N–H and O–H groups in total. The number of ether oxygens (including phenoxy) is 2. The number of rotatable bonds is 5. The van der Waals surface area contributed by atoms with Crippen LogP contribution in [0.5, 0.6) is 0 Å². The fourth-order valence-electron chi connectivity index (χ4n) is 4.78. The van der Waals surface area contributed by atoms with E-state index in [9.17, 15) is 4.79 Å². The topological polar surface area (TPSA) is 54.1 Å². The highest BCUT2D eigenvalue weighted by atomic mass is 16.6. The Morgan fingerprint density at radius 3 is 2.29 bits per heavy atom. The molecule has 2 unspecified atom stereocenters. The van der Waals surface area contributed by atoms with Crippen molar-refractivity contribution in [3.8, 4) is 0 Å². The van der Waals surface area contributed by atoms with E-state index in [1.807, 2.05) is 4.90 Å². The van der Waals surface area contributed by atoms with Crippen molar-refractivity contribution < 1.29 is 14.3 Å². The standard InChI is InChI=1S/C19H34N2O3/c1-13(2)7-8-15-16(22)21(9-14-10-23-14)19(24-15)11-17(3,4)20-18(5,6)12-19/h13-15,20H,7-12H2,1-6H3. The molecule has 5 nitrogen and oxygen atoms in total. The fourth-order valence-corrected chi connectivity index (χ4v) is 4.78. The van der Waals surface area contributed by atoms with Crippen molar-refractivity contribution in [2.24, 2.45) is 5.92 Å². The molecule has 1 spiro atoms. The van der Waals surface area contributed by atoms with Gasteiger partial charge in [0.2, 0.25) is 0 Å². The van der Waals surface area contributed by atoms with Crippen LogP contribution in [0.25, 0.3) is 0 Å². The molecule has 0 aromatic carbocycles. The Kier molecular flexibility index (Phi) is 4.51. The van der Waals surface area contributed by atoms with Crippen molar-refractivity contribution in [1.29, 1.82) is 0 Å². The quantitative estimate of drug-likeness (QED) is 0.783. The second kappa shape index (κ2) is 5.96. The van der Waals surface area contributed by atoms with E-state index in [2.05, 4.69) is 46.9 Å². The molecule has 3 saturated heterocycles. The summed E-state index contributed by atoms with van der Waals surface area (Å²) in [6, 6.07) is 0. The molecule has 0 aromatic rings. The van der Waals surface area contributed by atoms with Gasteiger partial charge in [-0.2, -0.15) is 0 Å². The van der Waals surface area contributed by atoms with Gasteiger partial charge in [-0.1, -0.05) is 13.8 Å². The van der Waals surface area contributed by atoms with E-state index in [1.165, 1.54) is 0 Å². The average molecular weight is 338 g/mol. The summed E-state index contributed by atoms with van der Waals surface area (Å²) in [5.74, 6) is 0.749. The fraction of sp³-hybridized carbons (Fsp3) is 0.947. The highest BCUT2D eigenvalue weighted by molar-refractivity contribution is 5.83. The number of nitrogens with one attached hydrogen (secondary N) is 1. The average Bonchev–Trinajstić information content (AvgIpc) is 3.16. The maximum atomic E-state index is 13.1. The Morgan fingerprint density at radius 1 is 1.21 bits per heavy atom. The normalized spacial score (nSPS) is 33.5. The molecule has 3 heterocycles. The van der Waals surface area contributed by atoms with Gasteiger partial charge >= 0.3 is 0 Å². The number of carbonyl (C=O) groups excluding carboxylic acids is 1. The predicted molar refractivity (Wildman–Crippen MR) is 93.7 cm³/mol. The molecule has 2 atom stereocenters. The zero-order chi connectivity index (χ0) is 17.8. The predicted octanol–water partition coefficient (Wildman–Crippen LogP) is 2.69. The van der Waals surface area contributed by atoms with Crippen molar-refractivity contribution in [2.75, 3.05) is 13.2 Å². The Morgan fingerprint density at radius 2 is 1.79 bits per heavy atom. The molecule has 0 bridgehead atoms. The number of nitrogens with zero attached hydrogens (tertiary/aromatic N) is 1. The van der Waals surface area contributed by atoms with Crippen LogP contribution in [-0.2, 0) is 14.3 Å². The Hall–Kier alpha value is -0.650. The van der Waals surface area contributed by atoms with Crippen LogP contribution in [0.3, 0.4) is 0 Å². The van der Waals surface area contributed by atoms with E-state index in [-0.39, 0.29) is 29.2 Å². The Labute approximate surface area is 146 Å². The molecule has 0 aliphatic carbocycles. The molecule has 138 valence electrons. The number of carbonyl (C=O) groups is 1. The molecule has 0 saturated carbocycles. The number of hydrogen-bond acceptors (Lipinski definition) is 4. The molecule has 0 radical (unpaired) electrons. The van der Waals surface area contributed by atoms with Crippen molar-refractivity contribution in [1.82, 2.24) is 10.2 Å². The van der Waals surface area contributed by atoms with Crippen LogP contribution in [0.2, 0.25) is 0 Å². The maximum Gasteiger partial charge on any atom is 0.254 e. The van der Waals surface area contributed by atoms with Gasteiger partial charge in [0.1, 0.15) is 11.8 Å². The second-order valence-corrected chi connectivity index (χ2v) is 9.67. The first kappa shape index (κ1) is 18.2. The molecule has 0 aromatic heterocycles. The van der Waals surface area contributed by atoms with Gasteiger partial charge in [0.15, 0.2) is 0 Å². The van der Waals surface area contributed by atoms with Crippen LogP contribution >= 0.6 is 0 Å². The third-order valence-corrected chi connectivity index (χ3v) is 5.30. The molecular weight excluding hydrogens is 304 g/mol. The van der Waals surface area contributed by atoms with Gasteiger partial charge in [0, 0.05) is 23.9 Å². The van der Waals surface area contributed by atoms with Crippen LogP contribution < -0.4 is 5.32 Å². The van der Waals surface area contributed by atoms with E-state index >= 15 is 0 Å². The summed E-state index contributed by atoms with van der Waals surface area (Å²) in [6.07, 6.45) is 3.37. The van der Waals surface area contributed by atoms with E-state index in [4.69, 9.17) is 9.47 Å². The van der Waals surface area contributed by atoms with E-state index in [0.717, 1.165) is 32.3 Å². The van der Waals surface area contributed by atoms with Gasteiger partial charge in [-0.25, -0.2) is 0 Å². The first-order valence-electron chi connectivity index (χ1n) is 9.42. The van der Waals surface area contributed by atoms with Gasteiger partial charge in [0.25, 0.3) is 5.91 Å². The van der Waals surface area contributed by atoms with E-state index in [0.29, 0.717) is 12.5 Å². The van der Waals surface area contributed by atoms with Crippen molar-refractivity contribution >= 4 is 5.91 Å². The van der Waals surface area contributed by atoms with Crippen molar-refractivity contribution in [3.05, 3.63) is 0 Å². The molecule has 5 heteroatoms. The summed E-state index contributed by atoms with van der Waals surface area (Å²) in [5.41, 5.74) is -0.641. The van der Waals surface area contributed by atoms with Crippen molar-refractivity contribution in [2.45, 2.75) is 96.2 Å². The van der Waals surface area contributed by atoms with Gasteiger partial charge in [-0.15, -0.1) is 0 Å². The first-order chi connectivity index (χ1) is 11.0. The van der Waals surface area contributed by atoms with Crippen molar-refractivity contribution in [3.63, 3.8) is 0 Å². The zero-order valence-corrected chi connectivity index (χ0v) is 16.1. The molecule has 3 rings (SSSR count). The summed E-state index contributed by atoms with van der Waals surface area (Å²) < 4.78 is 12.0. The molecule has 3 aliphatic rings. The summed E-state index contributed by atoms with van der Waals surface area (Å²) in [7, 11) is 0. The summed E-state index contributed by atoms with van der Waals surface area (Å²) in [4.78, 5) is 15.1. The molecular formula is C19H34N2O3. The Bertz CT molecular complexity index is 481. The van der Waals surface area contributed by atoms with Gasteiger partial charge in [-0.3, -0.25) is 4.79 Å². The molecule has 3 aliphatic heterocycles. The largest absolute Gasteiger partial charge is 0.371 e. The van der Waals surface area contributed by atoms with Crippen LogP contribution in [0, 0.1) is 5.92 Å². The minimum absolute atomic E-state index is 0.0718. The van der Waals surface area contributed by atoms with Gasteiger partial charge in [-0.05, 0) is 46.5 Å². The van der Waals surface area contributed by atoms with Crippen LogP contribution in [0.4, 0.5) is 0 Å². The number of hydrogen-bond donors (Lipinski definition) is 1. The lowest BCUT2D eigenvalue weighted by molar-refractivity contribution is -0.163.